The molecule has 60 valence electrons. The highest BCUT2D eigenvalue weighted by atomic mass is 15.2. The van der Waals surface area contributed by atoms with E-state index in [1.54, 1.807) is 6.07 Å². The van der Waals surface area contributed by atoms with E-state index in [9.17, 15) is 0 Å². The van der Waals surface area contributed by atoms with Crippen LogP contribution in [0.1, 0.15) is 13.3 Å². The molecule has 11 heavy (non-hydrogen) atoms. The summed E-state index contributed by atoms with van der Waals surface area (Å²) in [7, 11) is 0. The number of rotatable bonds is 3. The van der Waals surface area contributed by atoms with E-state index in [1.165, 1.54) is 0 Å². The van der Waals surface area contributed by atoms with Crippen LogP contribution in [0.3, 0.4) is 0 Å². The molecule has 0 aliphatic rings. The van der Waals surface area contributed by atoms with E-state index in [2.05, 4.69) is 22.4 Å². The molecule has 4 heteroatoms. The van der Waals surface area contributed by atoms with Gasteiger partial charge in [0.25, 0.3) is 0 Å². The van der Waals surface area contributed by atoms with E-state index in [1.807, 2.05) is 6.07 Å². The minimum Gasteiger partial charge on any atom is -0.382 e. The highest BCUT2D eigenvalue weighted by Crippen LogP contribution is 2.01. The quantitative estimate of drug-likeness (QED) is 0.674. The van der Waals surface area contributed by atoms with Gasteiger partial charge in [0.2, 0.25) is 0 Å². The predicted octanol–water partition coefficient (Wildman–Crippen LogP) is 0.881. The Balaban J connectivity index is 2.52. The van der Waals surface area contributed by atoms with Gasteiger partial charge in [-0.25, -0.2) is 0 Å². The maximum absolute atomic E-state index is 5.35. The standard InChI is InChI=1S/C7H12N4/c1-2-5-9-7-4-3-6(8)10-11-7/h3-4H,2,5H2,1H3,(H2,8,10)(H,9,11). The molecular formula is C7H12N4. The normalized spacial score (nSPS) is 9.55. The summed E-state index contributed by atoms with van der Waals surface area (Å²) in [4.78, 5) is 0. The molecule has 0 saturated carbocycles. The fraction of sp³-hybridized carbons (Fsp3) is 0.429. The maximum atomic E-state index is 5.35. The van der Waals surface area contributed by atoms with Crippen LogP contribution in [0.5, 0.6) is 0 Å². The summed E-state index contributed by atoms with van der Waals surface area (Å²) in [6.45, 7) is 3.01. The molecule has 0 amide bonds. The average molecular weight is 152 g/mol. The molecular weight excluding hydrogens is 140 g/mol. The Morgan fingerprint density at radius 3 is 2.82 bits per heavy atom. The van der Waals surface area contributed by atoms with E-state index >= 15 is 0 Å². The molecule has 0 unspecified atom stereocenters. The van der Waals surface area contributed by atoms with Crippen LogP contribution in [0.25, 0.3) is 0 Å². The van der Waals surface area contributed by atoms with Gasteiger partial charge in [-0.15, -0.1) is 10.2 Å². The van der Waals surface area contributed by atoms with Crippen LogP contribution >= 0.6 is 0 Å². The number of nitrogens with two attached hydrogens (primary N) is 1. The van der Waals surface area contributed by atoms with Crippen molar-refractivity contribution in [2.45, 2.75) is 13.3 Å². The summed E-state index contributed by atoms with van der Waals surface area (Å²) in [5.41, 5.74) is 5.35. The van der Waals surface area contributed by atoms with E-state index in [-0.39, 0.29) is 0 Å². The molecule has 1 aromatic heterocycles. The second-order valence-electron chi connectivity index (χ2n) is 2.27. The van der Waals surface area contributed by atoms with E-state index in [4.69, 9.17) is 5.73 Å². The van der Waals surface area contributed by atoms with Crippen LogP contribution in [0, 0.1) is 0 Å². The highest BCUT2D eigenvalue weighted by Gasteiger charge is 1.91. The molecule has 0 fully saturated rings. The Labute approximate surface area is 65.8 Å². The lowest BCUT2D eigenvalue weighted by molar-refractivity contribution is 0.946. The van der Waals surface area contributed by atoms with Crippen LogP contribution < -0.4 is 11.1 Å². The largest absolute Gasteiger partial charge is 0.382 e. The second kappa shape index (κ2) is 3.75. The third kappa shape index (κ3) is 2.41. The van der Waals surface area contributed by atoms with Gasteiger partial charge in [-0.1, -0.05) is 6.92 Å². The zero-order chi connectivity index (χ0) is 8.10. The van der Waals surface area contributed by atoms with Gasteiger partial charge in [0.15, 0.2) is 0 Å². The topological polar surface area (TPSA) is 63.8 Å². The third-order valence-corrected chi connectivity index (χ3v) is 1.24. The van der Waals surface area contributed by atoms with Gasteiger partial charge in [0, 0.05) is 6.54 Å². The molecule has 1 aromatic rings. The molecule has 1 heterocycles. The Kier molecular flexibility index (Phi) is 2.66. The molecule has 0 saturated heterocycles. The maximum Gasteiger partial charge on any atom is 0.148 e. The average Bonchev–Trinajstić information content (AvgIpc) is 2.04. The minimum atomic E-state index is 0.451. The Morgan fingerprint density at radius 1 is 1.45 bits per heavy atom. The van der Waals surface area contributed by atoms with Gasteiger partial charge in [-0.05, 0) is 18.6 Å². The number of nitrogen functional groups attached to an aromatic ring is 1. The fourth-order valence-corrected chi connectivity index (χ4v) is 0.690. The molecule has 3 N–H and O–H groups in total. The third-order valence-electron chi connectivity index (χ3n) is 1.24. The number of nitrogens with one attached hydrogen (secondary N) is 1. The zero-order valence-corrected chi connectivity index (χ0v) is 6.54. The predicted molar refractivity (Wildman–Crippen MR) is 45.2 cm³/mol. The lowest BCUT2D eigenvalue weighted by Gasteiger charge is -2.00. The van der Waals surface area contributed by atoms with Gasteiger partial charge in [-0.2, -0.15) is 0 Å². The SMILES string of the molecule is CCCNc1ccc(N)nn1. The summed E-state index contributed by atoms with van der Waals surface area (Å²) in [6, 6.07) is 3.54. The smallest absolute Gasteiger partial charge is 0.148 e. The lowest BCUT2D eigenvalue weighted by atomic mass is 10.4. The minimum absolute atomic E-state index is 0.451. The van der Waals surface area contributed by atoms with Crippen LogP contribution in [0.15, 0.2) is 12.1 Å². The molecule has 0 spiro atoms. The van der Waals surface area contributed by atoms with Gasteiger partial charge in [0.1, 0.15) is 11.6 Å². The van der Waals surface area contributed by atoms with Crippen LogP contribution in [-0.4, -0.2) is 16.7 Å². The summed E-state index contributed by atoms with van der Waals surface area (Å²) < 4.78 is 0. The Bertz CT molecular complexity index is 206. The summed E-state index contributed by atoms with van der Waals surface area (Å²) in [5.74, 6) is 1.23. The molecule has 0 bridgehead atoms. The molecule has 4 nitrogen and oxygen atoms in total. The number of hydrogen-bond donors (Lipinski definition) is 2. The van der Waals surface area contributed by atoms with Crippen molar-refractivity contribution in [3.05, 3.63) is 12.1 Å². The van der Waals surface area contributed by atoms with E-state index in [0.29, 0.717) is 5.82 Å². The van der Waals surface area contributed by atoms with Crippen molar-refractivity contribution in [3.8, 4) is 0 Å². The van der Waals surface area contributed by atoms with Gasteiger partial charge in [-0.3, -0.25) is 0 Å². The molecule has 0 atom stereocenters. The number of aromatic nitrogens is 2. The Morgan fingerprint density at radius 2 is 2.27 bits per heavy atom. The zero-order valence-electron chi connectivity index (χ0n) is 6.54. The van der Waals surface area contributed by atoms with Gasteiger partial charge < -0.3 is 11.1 Å². The number of nitrogens with zero attached hydrogens (tertiary/aromatic N) is 2. The van der Waals surface area contributed by atoms with E-state index in [0.717, 1.165) is 18.8 Å². The first-order valence-corrected chi connectivity index (χ1v) is 3.66. The molecule has 0 radical (unpaired) electrons. The van der Waals surface area contributed by atoms with Crippen LogP contribution in [0.4, 0.5) is 11.6 Å². The highest BCUT2D eigenvalue weighted by molar-refractivity contribution is 5.38. The molecule has 0 aliphatic carbocycles. The number of hydrogen-bond acceptors (Lipinski definition) is 4. The molecule has 1 rings (SSSR count). The van der Waals surface area contributed by atoms with Crippen molar-refractivity contribution in [3.63, 3.8) is 0 Å². The van der Waals surface area contributed by atoms with Crippen molar-refractivity contribution in [2.24, 2.45) is 0 Å². The fourth-order valence-electron chi connectivity index (χ4n) is 0.690. The van der Waals surface area contributed by atoms with Crippen molar-refractivity contribution < 1.29 is 0 Å². The summed E-state index contributed by atoms with van der Waals surface area (Å²) in [5, 5.41) is 10.6. The lowest BCUT2D eigenvalue weighted by Crippen LogP contribution is -2.03. The van der Waals surface area contributed by atoms with Gasteiger partial charge in [0.05, 0.1) is 0 Å². The van der Waals surface area contributed by atoms with Crippen LogP contribution in [0.2, 0.25) is 0 Å². The molecule has 0 aliphatic heterocycles. The van der Waals surface area contributed by atoms with Crippen molar-refractivity contribution >= 4 is 11.6 Å². The second-order valence-corrected chi connectivity index (χ2v) is 2.27. The molecule has 0 aromatic carbocycles. The van der Waals surface area contributed by atoms with Crippen molar-refractivity contribution in [2.75, 3.05) is 17.6 Å². The number of anilines is 2. The van der Waals surface area contributed by atoms with Gasteiger partial charge >= 0.3 is 0 Å². The first kappa shape index (κ1) is 7.78. The summed E-state index contributed by atoms with van der Waals surface area (Å²) in [6.07, 6.45) is 1.08. The first-order valence-electron chi connectivity index (χ1n) is 3.66. The summed E-state index contributed by atoms with van der Waals surface area (Å²) >= 11 is 0. The van der Waals surface area contributed by atoms with Crippen molar-refractivity contribution in [1.82, 2.24) is 10.2 Å². The Hall–Kier alpha value is -1.32. The first-order chi connectivity index (χ1) is 5.33. The monoisotopic (exact) mass is 152 g/mol. The van der Waals surface area contributed by atoms with Crippen molar-refractivity contribution in [1.29, 1.82) is 0 Å². The van der Waals surface area contributed by atoms with Crippen LogP contribution in [-0.2, 0) is 0 Å². The van der Waals surface area contributed by atoms with E-state index < -0.39 is 0 Å².